The molecule has 3 rings (SSSR count). The minimum absolute atomic E-state index is 0.199. The average molecular weight is 297 g/mol. The number of aromatic nitrogens is 1. The number of fused-ring (bicyclic) bond motifs is 3. The number of hydrogen-bond donors (Lipinski definition) is 1. The first kappa shape index (κ1) is 11.2. The SMILES string of the molecule is CCN1CCc2c([nH]c3cc(F)cc(Br)c23)C1. The van der Waals surface area contributed by atoms with Gasteiger partial charge in [0.05, 0.1) is 0 Å². The fraction of sp³-hybridized carbons (Fsp3) is 0.385. The van der Waals surface area contributed by atoms with Gasteiger partial charge in [0.15, 0.2) is 0 Å². The van der Waals surface area contributed by atoms with Crippen LogP contribution in [-0.2, 0) is 13.0 Å². The van der Waals surface area contributed by atoms with Gasteiger partial charge in [-0.05, 0) is 46.6 Å². The summed E-state index contributed by atoms with van der Waals surface area (Å²) in [5.74, 6) is -0.199. The number of nitrogens with zero attached hydrogens (tertiary/aromatic N) is 1. The van der Waals surface area contributed by atoms with Crippen molar-refractivity contribution in [3.8, 4) is 0 Å². The molecule has 0 unspecified atom stereocenters. The maximum Gasteiger partial charge on any atom is 0.126 e. The van der Waals surface area contributed by atoms with Gasteiger partial charge in [0.25, 0.3) is 0 Å². The zero-order chi connectivity index (χ0) is 12.0. The van der Waals surface area contributed by atoms with Crippen LogP contribution in [0.2, 0.25) is 0 Å². The van der Waals surface area contributed by atoms with Crippen molar-refractivity contribution in [2.45, 2.75) is 19.9 Å². The highest BCUT2D eigenvalue weighted by molar-refractivity contribution is 9.10. The number of likely N-dealkylation sites (N-methyl/N-ethyl adjacent to an activating group) is 1. The Balaban J connectivity index is 2.18. The van der Waals surface area contributed by atoms with Crippen molar-refractivity contribution in [2.75, 3.05) is 13.1 Å². The normalized spacial score (nSPS) is 16.4. The summed E-state index contributed by atoms with van der Waals surface area (Å²) in [4.78, 5) is 5.74. The largest absolute Gasteiger partial charge is 0.357 e. The lowest BCUT2D eigenvalue weighted by molar-refractivity contribution is 0.266. The van der Waals surface area contributed by atoms with Crippen LogP contribution in [0.5, 0.6) is 0 Å². The molecule has 0 amide bonds. The molecule has 0 fully saturated rings. The van der Waals surface area contributed by atoms with E-state index < -0.39 is 0 Å². The summed E-state index contributed by atoms with van der Waals surface area (Å²) in [6.45, 7) is 5.25. The minimum atomic E-state index is -0.199. The van der Waals surface area contributed by atoms with Crippen LogP contribution in [0.3, 0.4) is 0 Å². The topological polar surface area (TPSA) is 19.0 Å². The van der Waals surface area contributed by atoms with E-state index in [-0.39, 0.29) is 5.82 Å². The first-order valence-electron chi connectivity index (χ1n) is 5.90. The van der Waals surface area contributed by atoms with E-state index in [1.165, 1.54) is 11.3 Å². The van der Waals surface area contributed by atoms with Crippen LogP contribution in [0.25, 0.3) is 10.9 Å². The molecule has 1 aromatic heterocycles. The fourth-order valence-electron chi connectivity index (χ4n) is 2.62. The molecule has 2 nitrogen and oxygen atoms in total. The van der Waals surface area contributed by atoms with Gasteiger partial charge in [-0.1, -0.05) is 6.92 Å². The lowest BCUT2D eigenvalue weighted by Gasteiger charge is -2.25. The second-order valence-corrected chi connectivity index (χ2v) is 5.37. The van der Waals surface area contributed by atoms with E-state index in [4.69, 9.17) is 0 Å². The minimum Gasteiger partial charge on any atom is -0.357 e. The Kier molecular flexibility index (Phi) is 2.71. The number of halogens is 2. The highest BCUT2D eigenvalue weighted by Crippen LogP contribution is 2.33. The van der Waals surface area contributed by atoms with Gasteiger partial charge in [0.2, 0.25) is 0 Å². The van der Waals surface area contributed by atoms with Crippen LogP contribution in [-0.4, -0.2) is 23.0 Å². The third kappa shape index (κ3) is 1.79. The maximum atomic E-state index is 13.3. The Bertz CT molecular complexity index is 576. The Labute approximate surface area is 108 Å². The Hall–Kier alpha value is -0.870. The molecule has 1 aromatic carbocycles. The van der Waals surface area contributed by atoms with Gasteiger partial charge in [0.1, 0.15) is 5.82 Å². The van der Waals surface area contributed by atoms with Crippen molar-refractivity contribution in [1.29, 1.82) is 0 Å². The van der Waals surface area contributed by atoms with E-state index in [1.54, 1.807) is 12.1 Å². The van der Waals surface area contributed by atoms with Crippen LogP contribution < -0.4 is 0 Å². The smallest absolute Gasteiger partial charge is 0.126 e. The van der Waals surface area contributed by atoms with Crippen molar-refractivity contribution in [3.05, 3.63) is 33.7 Å². The number of H-pyrrole nitrogens is 1. The number of rotatable bonds is 1. The molecule has 90 valence electrons. The third-order valence-corrected chi connectivity index (χ3v) is 4.14. The number of aromatic amines is 1. The van der Waals surface area contributed by atoms with Crippen LogP contribution in [0.15, 0.2) is 16.6 Å². The molecular formula is C13H14BrFN2. The monoisotopic (exact) mass is 296 g/mol. The summed E-state index contributed by atoms with van der Waals surface area (Å²) in [7, 11) is 0. The van der Waals surface area contributed by atoms with Gasteiger partial charge in [-0.15, -0.1) is 0 Å². The molecule has 0 saturated heterocycles. The Morgan fingerprint density at radius 1 is 1.47 bits per heavy atom. The standard InChI is InChI=1S/C13H14BrFN2/c1-2-17-4-3-9-12(7-17)16-11-6-8(15)5-10(14)13(9)11/h5-6,16H,2-4,7H2,1H3. The van der Waals surface area contributed by atoms with E-state index in [0.717, 1.165) is 41.4 Å². The molecule has 17 heavy (non-hydrogen) atoms. The molecule has 4 heteroatoms. The molecule has 0 atom stereocenters. The summed E-state index contributed by atoms with van der Waals surface area (Å²) in [6, 6.07) is 3.12. The van der Waals surface area contributed by atoms with Crippen molar-refractivity contribution in [1.82, 2.24) is 9.88 Å². The third-order valence-electron chi connectivity index (χ3n) is 3.51. The van der Waals surface area contributed by atoms with Crippen LogP contribution in [0, 0.1) is 5.82 Å². The lowest BCUT2D eigenvalue weighted by atomic mass is 10.0. The van der Waals surface area contributed by atoms with Crippen molar-refractivity contribution >= 4 is 26.8 Å². The van der Waals surface area contributed by atoms with E-state index in [9.17, 15) is 4.39 Å². The number of benzene rings is 1. The Morgan fingerprint density at radius 2 is 2.29 bits per heavy atom. The van der Waals surface area contributed by atoms with Crippen molar-refractivity contribution in [2.24, 2.45) is 0 Å². The highest BCUT2D eigenvalue weighted by Gasteiger charge is 2.21. The lowest BCUT2D eigenvalue weighted by Crippen LogP contribution is -2.29. The summed E-state index contributed by atoms with van der Waals surface area (Å²) in [5, 5.41) is 1.15. The van der Waals surface area contributed by atoms with E-state index in [1.807, 2.05) is 0 Å². The fourth-order valence-corrected chi connectivity index (χ4v) is 3.29. The van der Waals surface area contributed by atoms with Crippen molar-refractivity contribution in [3.63, 3.8) is 0 Å². The summed E-state index contributed by atoms with van der Waals surface area (Å²) >= 11 is 3.46. The predicted octanol–water partition coefficient (Wildman–Crippen LogP) is 3.45. The molecule has 1 aliphatic rings. The molecule has 0 bridgehead atoms. The molecule has 0 radical (unpaired) electrons. The molecule has 0 spiro atoms. The second-order valence-electron chi connectivity index (χ2n) is 4.51. The van der Waals surface area contributed by atoms with E-state index in [2.05, 4.69) is 32.7 Å². The Morgan fingerprint density at radius 3 is 3.06 bits per heavy atom. The number of nitrogens with one attached hydrogen (secondary N) is 1. The molecule has 2 aromatic rings. The van der Waals surface area contributed by atoms with E-state index >= 15 is 0 Å². The predicted molar refractivity (Wildman–Crippen MR) is 70.6 cm³/mol. The average Bonchev–Trinajstić information content (AvgIpc) is 2.65. The number of hydrogen-bond acceptors (Lipinski definition) is 1. The molecule has 0 saturated carbocycles. The van der Waals surface area contributed by atoms with Crippen LogP contribution in [0.1, 0.15) is 18.2 Å². The van der Waals surface area contributed by atoms with Gasteiger partial charge < -0.3 is 4.98 Å². The second kappa shape index (κ2) is 4.10. The highest BCUT2D eigenvalue weighted by atomic mass is 79.9. The van der Waals surface area contributed by atoms with Gasteiger partial charge in [-0.3, -0.25) is 4.90 Å². The first-order chi connectivity index (χ1) is 8.19. The zero-order valence-corrected chi connectivity index (χ0v) is 11.3. The van der Waals surface area contributed by atoms with Crippen LogP contribution in [0.4, 0.5) is 4.39 Å². The molecule has 1 N–H and O–H groups in total. The quantitative estimate of drug-likeness (QED) is 0.854. The molecule has 1 aliphatic heterocycles. The van der Waals surface area contributed by atoms with Gasteiger partial charge in [0, 0.05) is 34.2 Å². The van der Waals surface area contributed by atoms with Gasteiger partial charge in [-0.2, -0.15) is 0 Å². The molecule has 0 aliphatic carbocycles. The summed E-state index contributed by atoms with van der Waals surface area (Å²) in [5.41, 5.74) is 3.48. The zero-order valence-electron chi connectivity index (χ0n) is 9.69. The van der Waals surface area contributed by atoms with Gasteiger partial charge in [-0.25, -0.2) is 4.39 Å². The van der Waals surface area contributed by atoms with Gasteiger partial charge >= 0.3 is 0 Å². The summed E-state index contributed by atoms with van der Waals surface area (Å²) in [6.07, 6.45) is 1.04. The molecule has 2 heterocycles. The molecular weight excluding hydrogens is 283 g/mol. The summed E-state index contributed by atoms with van der Waals surface area (Å²) < 4.78 is 14.2. The van der Waals surface area contributed by atoms with Crippen molar-refractivity contribution < 1.29 is 4.39 Å². The maximum absolute atomic E-state index is 13.3. The first-order valence-corrected chi connectivity index (χ1v) is 6.69. The van der Waals surface area contributed by atoms with Crippen LogP contribution >= 0.6 is 15.9 Å². The van der Waals surface area contributed by atoms with E-state index in [0.29, 0.717) is 0 Å².